The number of ether oxygens (including phenoxy) is 2. The first-order valence-corrected chi connectivity index (χ1v) is 9.26. The lowest BCUT2D eigenvalue weighted by atomic mass is 9.98. The molecule has 2 N–H and O–H groups in total. The average molecular weight is 432 g/mol. The fraction of sp³-hybridized carbons (Fsp3) is 0.261. The zero-order valence-corrected chi connectivity index (χ0v) is 18.3. The smallest absolute Gasteiger partial charge is 0.256 e. The first kappa shape index (κ1) is 27.5. The maximum Gasteiger partial charge on any atom is 0.256 e. The van der Waals surface area contributed by atoms with Crippen LogP contribution in [0.3, 0.4) is 0 Å². The van der Waals surface area contributed by atoms with Crippen LogP contribution in [0.1, 0.15) is 47.1 Å². The van der Waals surface area contributed by atoms with Gasteiger partial charge in [0.2, 0.25) is 0 Å². The molecule has 1 aromatic carbocycles. The second kappa shape index (κ2) is 14.5. The summed E-state index contributed by atoms with van der Waals surface area (Å²) in [6, 6.07) is 0. The van der Waals surface area contributed by atoms with Gasteiger partial charge in [0.05, 0.1) is 11.1 Å². The summed E-state index contributed by atoms with van der Waals surface area (Å²) < 4.78 is 22.6. The number of amides is 1. The second-order valence-corrected chi connectivity index (χ2v) is 5.94. The van der Waals surface area contributed by atoms with Crippen LogP contribution in [0.5, 0.6) is 11.5 Å². The number of aliphatic imine (C=N–C) groups is 1. The van der Waals surface area contributed by atoms with Gasteiger partial charge < -0.3 is 19.9 Å². The van der Waals surface area contributed by atoms with Crippen LogP contribution in [0.25, 0.3) is 6.08 Å². The van der Waals surface area contributed by atoms with Crippen molar-refractivity contribution in [2.45, 2.75) is 20.8 Å². The first-order chi connectivity index (χ1) is 14.7. The number of aldehydes is 1. The Hall–Kier alpha value is -3.52. The van der Waals surface area contributed by atoms with Crippen molar-refractivity contribution in [1.82, 2.24) is 5.32 Å². The summed E-state index contributed by atoms with van der Waals surface area (Å²) in [6.45, 7) is 15.7. The Morgan fingerprint density at radius 2 is 2.00 bits per heavy atom. The SMILES string of the molecule is C=C(C)/C(F)=C\C=C/C.C=Cc1c(O)c(C=O)c(C(=O)NCC)c(OCOC)c1N=C. The molecule has 8 heteroatoms. The summed E-state index contributed by atoms with van der Waals surface area (Å²) in [6.07, 6.45) is 6.47. The molecule has 0 spiro atoms. The fourth-order valence-corrected chi connectivity index (χ4v) is 2.26. The Balaban J connectivity index is 0.000000842. The molecule has 7 nitrogen and oxygen atoms in total. The molecule has 168 valence electrons. The molecule has 0 fully saturated rings. The number of carbonyl (C=O) groups excluding carboxylic acids is 2. The van der Waals surface area contributed by atoms with Gasteiger partial charge in [-0.1, -0.05) is 31.4 Å². The molecular weight excluding hydrogens is 403 g/mol. The van der Waals surface area contributed by atoms with E-state index in [9.17, 15) is 19.1 Å². The highest BCUT2D eigenvalue weighted by molar-refractivity contribution is 6.08. The van der Waals surface area contributed by atoms with Crippen LogP contribution in [0.2, 0.25) is 0 Å². The van der Waals surface area contributed by atoms with E-state index in [0.717, 1.165) is 0 Å². The number of carbonyl (C=O) groups is 2. The van der Waals surface area contributed by atoms with Crippen LogP contribution in [-0.2, 0) is 4.74 Å². The monoisotopic (exact) mass is 432 g/mol. The minimum absolute atomic E-state index is 0.00222. The largest absolute Gasteiger partial charge is 0.506 e. The molecule has 0 saturated carbocycles. The van der Waals surface area contributed by atoms with Gasteiger partial charge in [0.25, 0.3) is 5.91 Å². The molecule has 0 aromatic heterocycles. The quantitative estimate of drug-likeness (QED) is 0.237. The number of benzene rings is 1. The predicted octanol–water partition coefficient (Wildman–Crippen LogP) is 4.90. The van der Waals surface area contributed by atoms with Gasteiger partial charge in [0.15, 0.2) is 18.8 Å². The molecule has 0 saturated heterocycles. The van der Waals surface area contributed by atoms with Gasteiger partial charge in [-0.3, -0.25) is 14.6 Å². The number of phenolic OH excluding ortho intramolecular Hbond substituents is 1. The standard InChI is InChI=1S/C15H18N2O5.C8H11F/c1-5-9-12(16-3)14(22-8-21-4)11(15(20)17-6-2)10(7-18)13(9)19;1-4-5-6-8(9)7(2)3/h5,7,19H,1,3,6,8H2,2,4H3,(H,17,20);4-6H,2H2,1,3H3/b;5-4-,8-6+. The van der Waals surface area contributed by atoms with Gasteiger partial charge in [-0.2, -0.15) is 0 Å². The van der Waals surface area contributed by atoms with E-state index in [0.29, 0.717) is 18.4 Å². The Labute approximate surface area is 182 Å². The summed E-state index contributed by atoms with van der Waals surface area (Å²) in [4.78, 5) is 27.4. The lowest BCUT2D eigenvalue weighted by molar-refractivity contribution is 0.0504. The number of hydrogen-bond acceptors (Lipinski definition) is 6. The highest BCUT2D eigenvalue weighted by Gasteiger charge is 2.27. The molecule has 0 radical (unpaired) electrons. The molecule has 1 amide bonds. The third-order valence-electron chi connectivity index (χ3n) is 3.69. The molecule has 0 unspecified atom stereocenters. The van der Waals surface area contributed by atoms with Crippen molar-refractivity contribution in [1.29, 1.82) is 0 Å². The van der Waals surface area contributed by atoms with Gasteiger partial charge in [-0.15, -0.1) is 0 Å². The van der Waals surface area contributed by atoms with Crippen molar-refractivity contribution in [3.63, 3.8) is 0 Å². The van der Waals surface area contributed by atoms with E-state index in [1.54, 1.807) is 26.0 Å². The molecular formula is C23H29FN2O5. The molecule has 0 aliphatic carbocycles. The van der Waals surface area contributed by atoms with E-state index < -0.39 is 11.7 Å². The van der Waals surface area contributed by atoms with E-state index in [4.69, 9.17) is 9.47 Å². The number of methoxy groups -OCH3 is 1. The third-order valence-corrected chi connectivity index (χ3v) is 3.69. The van der Waals surface area contributed by atoms with Crippen molar-refractivity contribution in [3.05, 3.63) is 59.5 Å². The molecule has 0 bridgehead atoms. The van der Waals surface area contributed by atoms with Crippen LogP contribution in [0.15, 0.2) is 47.8 Å². The topological polar surface area (TPSA) is 97.2 Å². The first-order valence-electron chi connectivity index (χ1n) is 9.26. The van der Waals surface area contributed by atoms with Gasteiger partial charge in [-0.25, -0.2) is 4.39 Å². The third kappa shape index (κ3) is 7.67. The van der Waals surface area contributed by atoms with Crippen molar-refractivity contribution in [3.8, 4) is 11.5 Å². The van der Waals surface area contributed by atoms with E-state index in [1.165, 1.54) is 19.3 Å². The minimum Gasteiger partial charge on any atom is -0.506 e. The normalized spacial score (nSPS) is 10.7. The van der Waals surface area contributed by atoms with E-state index >= 15 is 0 Å². The van der Waals surface area contributed by atoms with E-state index in [2.05, 4.69) is 30.2 Å². The molecule has 1 aromatic rings. The Morgan fingerprint density at radius 3 is 2.42 bits per heavy atom. The molecule has 0 atom stereocenters. The zero-order chi connectivity index (χ0) is 24.0. The summed E-state index contributed by atoms with van der Waals surface area (Å²) in [5, 5.41) is 12.7. The van der Waals surface area contributed by atoms with Crippen LogP contribution >= 0.6 is 0 Å². The maximum absolute atomic E-state index is 12.4. The van der Waals surface area contributed by atoms with E-state index in [-0.39, 0.29) is 40.7 Å². The number of allylic oxidation sites excluding steroid dienone is 5. The van der Waals surface area contributed by atoms with Crippen molar-refractivity contribution in [2.24, 2.45) is 4.99 Å². The highest BCUT2D eigenvalue weighted by Crippen LogP contribution is 2.43. The van der Waals surface area contributed by atoms with Crippen molar-refractivity contribution >= 4 is 30.7 Å². The lowest BCUT2D eigenvalue weighted by Crippen LogP contribution is -2.25. The summed E-state index contributed by atoms with van der Waals surface area (Å²) >= 11 is 0. The summed E-state index contributed by atoms with van der Waals surface area (Å²) in [7, 11) is 1.41. The lowest BCUT2D eigenvalue weighted by Gasteiger charge is -2.18. The second-order valence-electron chi connectivity index (χ2n) is 5.94. The number of nitrogens with zero attached hydrogens (tertiary/aromatic N) is 1. The number of halogens is 1. The Bertz CT molecular complexity index is 883. The van der Waals surface area contributed by atoms with Crippen molar-refractivity contribution < 1.29 is 28.6 Å². The Kier molecular flexibility index (Phi) is 12.8. The number of nitrogens with one attached hydrogen (secondary N) is 1. The van der Waals surface area contributed by atoms with Crippen LogP contribution in [-0.4, -0.2) is 44.5 Å². The van der Waals surface area contributed by atoms with E-state index in [1.807, 2.05) is 6.92 Å². The highest BCUT2D eigenvalue weighted by atomic mass is 19.1. The van der Waals surface area contributed by atoms with Crippen LogP contribution in [0, 0.1) is 0 Å². The molecule has 1 rings (SSSR count). The zero-order valence-electron chi connectivity index (χ0n) is 18.3. The maximum atomic E-state index is 12.4. The van der Waals surface area contributed by atoms with Gasteiger partial charge in [-0.05, 0) is 39.1 Å². The number of hydrogen-bond donors (Lipinski definition) is 2. The Morgan fingerprint density at radius 1 is 1.35 bits per heavy atom. The predicted molar refractivity (Wildman–Crippen MR) is 122 cm³/mol. The van der Waals surface area contributed by atoms with Crippen molar-refractivity contribution in [2.75, 3.05) is 20.4 Å². The average Bonchev–Trinajstić information content (AvgIpc) is 2.75. The molecule has 0 heterocycles. The molecule has 0 aliphatic heterocycles. The van der Waals surface area contributed by atoms with Gasteiger partial charge >= 0.3 is 0 Å². The van der Waals surface area contributed by atoms with Crippen LogP contribution < -0.4 is 10.1 Å². The van der Waals surface area contributed by atoms with Gasteiger partial charge in [0, 0.05) is 19.2 Å². The molecule has 31 heavy (non-hydrogen) atoms. The summed E-state index contributed by atoms with van der Waals surface area (Å²) in [5.41, 5.74) is 0.388. The van der Waals surface area contributed by atoms with Crippen LogP contribution in [0.4, 0.5) is 10.1 Å². The number of phenols is 1. The fourth-order valence-electron chi connectivity index (χ4n) is 2.26. The number of aromatic hydroxyl groups is 1. The molecule has 0 aliphatic rings. The summed E-state index contributed by atoms with van der Waals surface area (Å²) in [5.74, 6) is -1.24. The van der Waals surface area contributed by atoms with Gasteiger partial charge in [0.1, 0.15) is 17.3 Å². The minimum atomic E-state index is -0.577. The number of rotatable bonds is 10.